The fraction of sp³-hybridized carbons (Fsp3) is 0.333. The number of quaternary nitrogens is 1. The Labute approximate surface area is 162 Å². The van der Waals surface area contributed by atoms with E-state index in [0.717, 1.165) is 21.7 Å². The molecule has 1 aliphatic heterocycles. The van der Waals surface area contributed by atoms with E-state index in [0.29, 0.717) is 19.6 Å². The van der Waals surface area contributed by atoms with Crippen LogP contribution < -0.4 is 10.2 Å². The van der Waals surface area contributed by atoms with Crippen LogP contribution in [-0.2, 0) is 16.4 Å². The summed E-state index contributed by atoms with van der Waals surface area (Å²) >= 11 is 0. The second kappa shape index (κ2) is 7.28. The van der Waals surface area contributed by atoms with Crippen LogP contribution in [0.2, 0.25) is 0 Å². The maximum atomic E-state index is 12.7. The van der Waals surface area contributed by atoms with E-state index >= 15 is 0 Å². The normalized spacial score (nSPS) is 16.9. The average molecular weight is 401 g/mol. The minimum absolute atomic E-state index is 0.187. The van der Waals surface area contributed by atoms with Gasteiger partial charge in [-0.2, -0.15) is 0 Å². The molecule has 146 valence electrons. The van der Waals surface area contributed by atoms with Gasteiger partial charge in [-0.15, -0.1) is 0 Å². The van der Waals surface area contributed by atoms with E-state index in [2.05, 4.69) is 20.3 Å². The predicted molar refractivity (Wildman–Crippen MR) is 103 cm³/mol. The lowest BCUT2D eigenvalue weighted by Gasteiger charge is -2.22. The Morgan fingerprint density at radius 1 is 1.21 bits per heavy atom. The number of pyridine rings is 1. The molecule has 0 aromatic carbocycles. The van der Waals surface area contributed by atoms with Crippen LogP contribution in [0.25, 0.3) is 5.52 Å². The van der Waals surface area contributed by atoms with E-state index in [1.165, 1.54) is 0 Å². The Balaban J connectivity index is 1.59. The monoisotopic (exact) mass is 401 g/mol. The van der Waals surface area contributed by atoms with E-state index in [9.17, 15) is 13.2 Å². The van der Waals surface area contributed by atoms with Crippen LogP contribution in [0.15, 0.2) is 36.8 Å². The molecule has 9 nitrogen and oxygen atoms in total. The molecular formula is C18H21N6O3S+. The van der Waals surface area contributed by atoms with Crippen LogP contribution in [0, 0.1) is 6.92 Å². The summed E-state index contributed by atoms with van der Waals surface area (Å²) < 4.78 is 25.0. The van der Waals surface area contributed by atoms with Crippen LogP contribution in [0.5, 0.6) is 0 Å². The highest BCUT2D eigenvalue weighted by molar-refractivity contribution is 7.91. The first-order chi connectivity index (χ1) is 13.4. The van der Waals surface area contributed by atoms with E-state index in [1.54, 1.807) is 23.0 Å². The van der Waals surface area contributed by atoms with Gasteiger partial charge in [-0.25, -0.2) is 23.4 Å². The number of sulfone groups is 1. The zero-order chi connectivity index (χ0) is 19.7. The maximum absolute atomic E-state index is 12.7. The highest BCUT2D eigenvalue weighted by atomic mass is 32.2. The van der Waals surface area contributed by atoms with Crippen molar-refractivity contribution in [2.24, 2.45) is 0 Å². The molecule has 3 aromatic rings. The molecule has 1 amide bonds. The summed E-state index contributed by atoms with van der Waals surface area (Å²) in [5.74, 6) is 0.446. The number of hydrogen-bond acceptors (Lipinski definition) is 6. The van der Waals surface area contributed by atoms with Crippen LogP contribution in [0.3, 0.4) is 0 Å². The number of amides is 1. The minimum Gasteiger partial charge on any atom is -0.328 e. The summed E-state index contributed by atoms with van der Waals surface area (Å²) in [6.45, 7) is 3.53. The van der Waals surface area contributed by atoms with Crippen molar-refractivity contribution >= 4 is 27.2 Å². The van der Waals surface area contributed by atoms with Crippen molar-refractivity contribution in [3.63, 3.8) is 0 Å². The molecule has 4 rings (SSSR count). The summed E-state index contributed by atoms with van der Waals surface area (Å²) in [6.07, 6.45) is 5.05. The van der Waals surface area contributed by atoms with Gasteiger partial charge in [0.05, 0.1) is 30.1 Å². The lowest BCUT2D eigenvalue weighted by molar-refractivity contribution is -0.910. The van der Waals surface area contributed by atoms with Crippen molar-refractivity contribution < 1.29 is 18.1 Å². The second-order valence-electron chi connectivity index (χ2n) is 6.95. The van der Waals surface area contributed by atoms with Crippen molar-refractivity contribution in [1.29, 1.82) is 0 Å². The molecule has 10 heteroatoms. The molecule has 0 bridgehead atoms. The third-order valence-electron chi connectivity index (χ3n) is 4.78. The number of imidazole rings is 1. The number of nitrogens with one attached hydrogen (secondary N) is 2. The lowest BCUT2D eigenvalue weighted by atomic mass is 10.3. The largest absolute Gasteiger partial charge is 0.328 e. The van der Waals surface area contributed by atoms with Gasteiger partial charge < -0.3 is 4.90 Å². The number of hydrogen-bond donors (Lipinski definition) is 2. The summed E-state index contributed by atoms with van der Waals surface area (Å²) in [4.78, 5) is 26.6. The standard InChI is InChI=1S/C18H20N6O3S/c1-13-10-19-18(20-11-13)22-17(25)16-21-14(15-4-2-3-5-24(15)16)12-23-6-8-28(26,27)9-7-23/h2-5,10-11H,6-9,12H2,1H3,(H,19,20,22,25)/p+1. The van der Waals surface area contributed by atoms with Crippen LogP contribution in [0.1, 0.15) is 21.9 Å². The number of fused-ring (bicyclic) bond motifs is 1. The SMILES string of the molecule is Cc1cnc(NC(=O)c2nc(C[NH+]3CCS(=O)(=O)CC3)c3ccccn23)nc1. The van der Waals surface area contributed by atoms with Gasteiger partial charge in [0.15, 0.2) is 9.84 Å². The van der Waals surface area contributed by atoms with Gasteiger partial charge in [-0.05, 0) is 24.6 Å². The third kappa shape index (κ3) is 3.87. The van der Waals surface area contributed by atoms with E-state index < -0.39 is 15.7 Å². The molecule has 1 saturated heterocycles. The van der Waals surface area contributed by atoms with Crippen molar-refractivity contribution in [2.45, 2.75) is 13.5 Å². The lowest BCUT2D eigenvalue weighted by Crippen LogP contribution is -3.13. The molecule has 3 aromatic heterocycles. The highest BCUT2D eigenvalue weighted by Gasteiger charge is 2.27. The molecule has 0 aliphatic carbocycles. The molecule has 1 fully saturated rings. The number of aryl methyl sites for hydroxylation is 1. The summed E-state index contributed by atoms with van der Waals surface area (Å²) in [5.41, 5.74) is 2.50. The van der Waals surface area contributed by atoms with Gasteiger partial charge in [0, 0.05) is 18.6 Å². The number of rotatable bonds is 4. The number of carbonyl (C=O) groups excluding carboxylic acids is 1. The number of aromatic nitrogens is 4. The van der Waals surface area contributed by atoms with Crippen molar-refractivity contribution in [2.75, 3.05) is 29.9 Å². The first-order valence-corrected chi connectivity index (χ1v) is 10.8. The fourth-order valence-corrected chi connectivity index (χ4v) is 4.65. The Morgan fingerprint density at radius 3 is 2.64 bits per heavy atom. The quantitative estimate of drug-likeness (QED) is 0.610. The van der Waals surface area contributed by atoms with Crippen molar-refractivity contribution in [3.8, 4) is 0 Å². The van der Waals surface area contributed by atoms with E-state index in [4.69, 9.17) is 0 Å². The average Bonchev–Trinajstić information content (AvgIpc) is 3.04. The molecule has 2 N–H and O–H groups in total. The maximum Gasteiger partial charge on any atom is 0.294 e. The molecule has 0 saturated carbocycles. The smallest absolute Gasteiger partial charge is 0.294 e. The number of carbonyl (C=O) groups is 1. The molecule has 0 spiro atoms. The third-order valence-corrected chi connectivity index (χ3v) is 6.44. The van der Waals surface area contributed by atoms with Crippen LogP contribution in [0.4, 0.5) is 5.95 Å². The minimum atomic E-state index is -2.92. The summed E-state index contributed by atoms with van der Waals surface area (Å²) in [7, 11) is -2.92. The fourth-order valence-electron chi connectivity index (χ4n) is 3.25. The molecular weight excluding hydrogens is 380 g/mol. The van der Waals surface area contributed by atoms with E-state index in [1.807, 2.05) is 25.1 Å². The second-order valence-corrected chi connectivity index (χ2v) is 9.26. The van der Waals surface area contributed by atoms with Crippen LogP contribution in [-0.4, -0.2) is 58.3 Å². The van der Waals surface area contributed by atoms with Gasteiger partial charge >= 0.3 is 0 Å². The van der Waals surface area contributed by atoms with Gasteiger partial charge in [-0.1, -0.05) is 6.07 Å². The Morgan fingerprint density at radius 2 is 1.93 bits per heavy atom. The highest BCUT2D eigenvalue weighted by Crippen LogP contribution is 2.14. The predicted octanol–water partition coefficient (Wildman–Crippen LogP) is -0.502. The van der Waals surface area contributed by atoms with Crippen molar-refractivity contribution in [3.05, 3.63) is 53.9 Å². The molecule has 1 aliphatic rings. The van der Waals surface area contributed by atoms with Gasteiger partial charge in [0.25, 0.3) is 5.91 Å². The Hall–Kier alpha value is -2.85. The zero-order valence-electron chi connectivity index (χ0n) is 15.4. The summed E-state index contributed by atoms with van der Waals surface area (Å²) in [5, 5.41) is 2.67. The zero-order valence-corrected chi connectivity index (χ0v) is 16.2. The first kappa shape index (κ1) is 18.5. The first-order valence-electron chi connectivity index (χ1n) is 9.01. The molecule has 4 heterocycles. The topological polar surface area (TPSA) is 111 Å². The Bertz CT molecular complexity index is 1110. The van der Waals surface area contributed by atoms with Gasteiger partial charge in [0.2, 0.25) is 11.8 Å². The molecule has 0 radical (unpaired) electrons. The number of anilines is 1. The van der Waals surface area contributed by atoms with Gasteiger partial charge in [-0.3, -0.25) is 14.5 Å². The number of nitrogens with zero attached hydrogens (tertiary/aromatic N) is 4. The van der Waals surface area contributed by atoms with Crippen molar-refractivity contribution in [1.82, 2.24) is 19.4 Å². The van der Waals surface area contributed by atoms with Crippen LogP contribution >= 0.6 is 0 Å². The van der Waals surface area contributed by atoms with E-state index in [-0.39, 0.29) is 23.3 Å². The van der Waals surface area contributed by atoms with Gasteiger partial charge in [0.1, 0.15) is 12.2 Å². The molecule has 0 atom stereocenters. The molecule has 0 unspecified atom stereocenters. The molecule has 28 heavy (non-hydrogen) atoms. The summed E-state index contributed by atoms with van der Waals surface area (Å²) in [6, 6.07) is 5.63. The Kier molecular flexibility index (Phi) is 4.82.